The van der Waals surface area contributed by atoms with Gasteiger partial charge in [-0.1, -0.05) is 0 Å². The summed E-state index contributed by atoms with van der Waals surface area (Å²) < 4.78 is 0. The average molecular weight is 312 g/mol. The molecule has 0 fully saturated rings. The van der Waals surface area contributed by atoms with Gasteiger partial charge in [-0.2, -0.15) is 0 Å². The highest BCUT2D eigenvalue weighted by Gasteiger charge is 2.09. The maximum absolute atomic E-state index is 12.1. The van der Waals surface area contributed by atoms with Gasteiger partial charge in [-0.15, -0.1) is 0 Å². The van der Waals surface area contributed by atoms with Gasteiger partial charge in [0, 0.05) is 30.7 Å². The second-order valence-electron chi connectivity index (χ2n) is 4.97. The van der Waals surface area contributed by atoms with Crippen LogP contribution >= 0.6 is 0 Å². The molecule has 6 heteroatoms. The molecule has 6 nitrogen and oxygen atoms in total. The molecule has 0 unspecified atom stereocenters. The van der Waals surface area contributed by atoms with E-state index in [1.54, 1.807) is 0 Å². The number of carbonyl (C=O) groups excluding carboxylic acids is 2. The Morgan fingerprint density at radius 3 is 2.22 bits per heavy atom. The molecule has 0 saturated heterocycles. The maximum Gasteiger partial charge on any atom is 0.267 e. The number of rotatable bonds is 6. The molecule has 23 heavy (non-hydrogen) atoms. The van der Waals surface area contributed by atoms with Crippen LogP contribution in [0.15, 0.2) is 42.6 Å². The zero-order valence-electron chi connectivity index (χ0n) is 13.2. The van der Waals surface area contributed by atoms with E-state index < -0.39 is 5.91 Å². The van der Waals surface area contributed by atoms with Gasteiger partial charge in [0.05, 0.1) is 5.56 Å². The van der Waals surface area contributed by atoms with Crippen molar-refractivity contribution in [2.24, 2.45) is 5.73 Å². The van der Waals surface area contributed by atoms with Gasteiger partial charge in [0.1, 0.15) is 5.69 Å². The highest BCUT2D eigenvalue weighted by atomic mass is 16.2. The van der Waals surface area contributed by atoms with Crippen LogP contribution in [0.25, 0.3) is 0 Å². The van der Waals surface area contributed by atoms with E-state index in [0.717, 1.165) is 18.8 Å². The van der Waals surface area contributed by atoms with E-state index in [1.807, 2.05) is 24.3 Å². The summed E-state index contributed by atoms with van der Waals surface area (Å²) in [6.07, 6.45) is 1.33. The monoisotopic (exact) mass is 312 g/mol. The van der Waals surface area contributed by atoms with Gasteiger partial charge in [-0.25, -0.2) is 0 Å². The summed E-state index contributed by atoms with van der Waals surface area (Å²) in [4.78, 5) is 29.2. The molecular formula is C17H20N4O2. The SMILES string of the molecule is CCN(CC)c1ccc(NC(=O)c2ccc(C(N)=O)nc2)cc1. The third-order valence-corrected chi connectivity index (χ3v) is 3.53. The Labute approximate surface area is 135 Å². The minimum absolute atomic E-state index is 0.130. The smallest absolute Gasteiger partial charge is 0.267 e. The van der Waals surface area contributed by atoms with E-state index in [-0.39, 0.29) is 11.6 Å². The third-order valence-electron chi connectivity index (χ3n) is 3.53. The number of pyridine rings is 1. The van der Waals surface area contributed by atoms with Gasteiger partial charge in [0.25, 0.3) is 11.8 Å². The van der Waals surface area contributed by atoms with Crippen molar-refractivity contribution in [3.63, 3.8) is 0 Å². The molecule has 2 rings (SSSR count). The van der Waals surface area contributed by atoms with Gasteiger partial charge in [-0.05, 0) is 50.2 Å². The minimum Gasteiger partial charge on any atom is -0.372 e. The van der Waals surface area contributed by atoms with Gasteiger partial charge in [-0.3, -0.25) is 14.6 Å². The summed E-state index contributed by atoms with van der Waals surface area (Å²) in [6, 6.07) is 10.6. The van der Waals surface area contributed by atoms with Crippen LogP contribution in [-0.4, -0.2) is 29.9 Å². The van der Waals surface area contributed by atoms with Crippen LogP contribution in [0, 0.1) is 0 Å². The number of nitrogens with one attached hydrogen (secondary N) is 1. The Morgan fingerprint density at radius 1 is 1.09 bits per heavy atom. The normalized spacial score (nSPS) is 10.2. The van der Waals surface area contributed by atoms with E-state index in [1.165, 1.54) is 18.3 Å². The zero-order chi connectivity index (χ0) is 16.8. The first-order valence-electron chi connectivity index (χ1n) is 7.47. The summed E-state index contributed by atoms with van der Waals surface area (Å²) in [5.74, 6) is -0.909. The van der Waals surface area contributed by atoms with Crippen molar-refractivity contribution < 1.29 is 9.59 Å². The van der Waals surface area contributed by atoms with Crippen molar-refractivity contribution in [1.29, 1.82) is 0 Å². The molecule has 1 aromatic heterocycles. The molecule has 0 aliphatic carbocycles. The van der Waals surface area contributed by atoms with E-state index in [9.17, 15) is 9.59 Å². The van der Waals surface area contributed by atoms with Crippen LogP contribution < -0.4 is 16.0 Å². The first kappa shape index (κ1) is 16.5. The molecule has 0 bridgehead atoms. The molecule has 1 aromatic carbocycles. The van der Waals surface area contributed by atoms with Crippen LogP contribution in [0.2, 0.25) is 0 Å². The number of hydrogen-bond donors (Lipinski definition) is 2. The lowest BCUT2D eigenvalue weighted by atomic mass is 10.2. The van der Waals surface area contributed by atoms with E-state index in [4.69, 9.17) is 5.73 Å². The lowest BCUT2D eigenvalue weighted by molar-refractivity contribution is 0.0990. The summed E-state index contributed by atoms with van der Waals surface area (Å²) in [7, 11) is 0. The van der Waals surface area contributed by atoms with Crippen LogP contribution in [0.1, 0.15) is 34.7 Å². The first-order chi connectivity index (χ1) is 11.0. The predicted molar refractivity (Wildman–Crippen MR) is 90.7 cm³/mol. The molecule has 0 atom stereocenters. The summed E-state index contributed by atoms with van der Waals surface area (Å²) in [5.41, 5.74) is 7.42. The summed E-state index contributed by atoms with van der Waals surface area (Å²) in [6.45, 7) is 6.06. The molecule has 0 radical (unpaired) electrons. The molecule has 120 valence electrons. The number of anilines is 2. The van der Waals surface area contributed by atoms with Crippen molar-refractivity contribution >= 4 is 23.2 Å². The molecule has 1 heterocycles. The Hall–Kier alpha value is -2.89. The average Bonchev–Trinajstić information content (AvgIpc) is 2.57. The fourth-order valence-corrected chi connectivity index (χ4v) is 2.22. The second-order valence-corrected chi connectivity index (χ2v) is 4.97. The van der Waals surface area contributed by atoms with Crippen LogP contribution in [0.5, 0.6) is 0 Å². The quantitative estimate of drug-likeness (QED) is 0.856. The van der Waals surface area contributed by atoms with Crippen molar-refractivity contribution in [2.75, 3.05) is 23.3 Å². The number of primary amides is 1. The molecule has 0 saturated carbocycles. The van der Waals surface area contributed by atoms with Crippen LogP contribution in [0.3, 0.4) is 0 Å². The summed E-state index contributed by atoms with van der Waals surface area (Å²) >= 11 is 0. The molecule has 0 aliphatic rings. The lowest BCUT2D eigenvalue weighted by Crippen LogP contribution is -2.21. The molecular weight excluding hydrogens is 292 g/mol. The van der Waals surface area contributed by atoms with Crippen LogP contribution in [-0.2, 0) is 0 Å². The Balaban J connectivity index is 2.06. The largest absolute Gasteiger partial charge is 0.372 e. The number of nitrogens with zero attached hydrogens (tertiary/aromatic N) is 2. The van der Waals surface area contributed by atoms with Crippen molar-refractivity contribution in [3.8, 4) is 0 Å². The third kappa shape index (κ3) is 4.06. The topological polar surface area (TPSA) is 88.3 Å². The molecule has 2 amide bonds. The van der Waals surface area contributed by atoms with E-state index in [2.05, 4.69) is 29.0 Å². The Bertz CT molecular complexity index is 677. The first-order valence-corrected chi connectivity index (χ1v) is 7.47. The standard InChI is InChI=1S/C17H20N4O2/c1-3-21(4-2)14-8-6-13(7-9-14)20-17(23)12-5-10-15(16(18)22)19-11-12/h5-11H,3-4H2,1-2H3,(H2,18,22)(H,20,23). The summed E-state index contributed by atoms with van der Waals surface area (Å²) in [5, 5.41) is 2.80. The van der Waals surface area contributed by atoms with E-state index in [0.29, 0.717) is 11.3 Å². The number of amides is 2. The Morgan fingerprint density at radius 2 is 1.74 bits per heavy atom. The second kappa shape index (κ2) is 7.40. The molecule has 0 spiro atoms. The lowest BCUT2D eigenvalue weighted by Gasteiger charge is -2.21. The molecule has 3 N–H and O–H groups in total. The van der Waals surface area contributed by atoms with Gasteiger partial charge in [0.2, 0.25) is 0 Å². The highest BCUT2D eigenvalue weighted by molar-refractivity contribution is 6.04. The van der Waals surface area contributed by atoms with Gasteiger partial charge in [0.15, 0.2) is 0 Å². The van der Waals surface area contributed by atoms with Gasteiger partial charge < -0.3 is 16.0 Å². The fourth-order valence-electron chi connectivity index (χ4n) is 2.22. The number of hydrogen-bond acceptors (Lipinski definition) is 4. The minimum atomic E-state index is -0.621. The number of aromatic nitrogens is 1. The Kier molecular flexibility index (Phi) is 5.30. The predicted octanol–water partition coefficient (Wildman–Crippen LogP) is 2.28. The van der Waals surface area contributed by atoms with E-state index >= 15 is 0 Å². The van der Waals surface area contributed by atoms with Crippen molar-refractivity contribution in [2.45, 2.75) is 13.8 Å². The van der Waals surface area contributed by atoms with Crippen LogP contribution in [0.4, 0.5) is 11.4 Å². The molecule has 0 aliphatic heterocycles. The zero-order valence-corrected chi connectivity index (χ0v) is 13.2. The number of carbonyl (C=O) groups is 2. The van der Waals surface area contributed by atoms with Gasteiger partial charge >= 0.3 is 0 Å². The van der Waals surface area contributed by atoms with Crippen molar-refractivity contribution in [3.05, 3.63) is 53.9 Å². The van der Waals surface area contributed by atoms with Crippen molar-refractivity contribution in [1.82, 2.24) is 4.98 Å². The highest BCUT2D eigenvalue weighted by Crippen LogP contribution is 2.18. The number of benzene rings is 1. The maximum atomic E-state index is 12.1. The molecule has 2 aromatic rings. The number of nitrogens with two attached hydrogens (primary N) is 1. The fraction of sp³-hybridized carbons (Fsp3) is 0.235.